The highest BCUT2D eigenvalue weighted by Crippen LogP contribution is 2.18. The second-order valence-electron chi connectivity index (χ2n) is 7.34. The molecular weight excluding hydrogens is 519 g/mol. The zero-order valence-corrected chi connectivity index (χ0v) is 21.1. The first-order valence-corrected chi connectivity index (χ1v) is 10.9. The molecule has 0 aliphatic carbocycles. The molecule has 174 valence electrons. The maximum absolute atomic E-state index is 12.3. The van der Waals surface area contributed by atoms with Crippen LogP contribution in [0.15, 0.2) is 59.6 Å². The molecule has 0 spiro atoms. The lowest BCUT2D eigenvalue weighted by molar-refractivity contribution is 0.0954. The van der Waals surface area contributed by atoms with Gasteiger partial charge in [-0.3, -0.25) is 9.79 Å². The number of likely N-dealkylation sites (tertiary alicyclic amines) is 1. The first kappa shape index (κ1) is 25.8. The Hall–Kier alpha value is -2.49. The Morgan fingerprint density at radius 2 is 1.72 bits per heavy atom. The molecule has 0 saturated carbocycles. The Kier molecular flexibility index (Phi) is 11.1. The van der Waals surface area contributed by atoms with E-state index in [-0.39, 0.29) is 36.0 Å². The molecule has 8 heteroatoms. The number of halogens is 1. The highest BCUT2D eigenvalue weighted by Gasteiger charge is 2.22. The maximum atomic E-state index is 12.3. The van der Waals surface area contributed by atoms with Crippen molar-refractivity contribution in [2.24, 2.45) is 4.99 Å². The predicted molar refractivity (Wildman–Crippen MR) is 138 cm³/mol. The average molecular weight is 552 g/mol. The Bertz CT molecular complexity index is 838. The molecule has 3 rings (SSSR count). The molecule has 0 radical (unpaired) electrons. The summed E-state index contributed by atoms with van der Waals surface area (Å²) in [5, 5.41) is 6.28. The van der Waals surface area contributed by atoms with Gasteiger partial charge in [-0.15, -0.1) is 24.0 Å². The van der Waals surface area contributed by atoms with Crippen LogP contribution in [0.4, 0.5) is 0 Å². The first-order valence-electron chi connectivity index (χ1n) is 10.9. The summed E-state index contributed by atoms with van der Waals surface area (Å²) in [6.07, 6.45) is 2.13. The fourth-order valence-corrected chi connectivity index (χ4v) is 3.48. The number of ether oxygens (including phenoxy) is 2. The number of guanidine groups is 1. The van der Waals surface area contributed by atoms with Crippen LogP contribution in [0.5, 0.6) is 11.5 Å². The van der Waals surface area contributed by atoms with Crippen LogP contribution in [0.2, 0.25) is 0 Å². The predicted octanol–water partition coefficient (Wildman–Crippen LogP) is 3.55. The van der Waals surface area contributed by atoms with Crippen molar-refractivity contribution in [3.05, 3.63) is 60.2 Å². The van der Waals surface area contributed by atoms with E-state index in [1.807, 2.05) is 30.3 Å². The van der Waals surface area contributed by atoms with Crippen molar-refractivity contribution < 1.29 is 14.3 Å². The number of amides is 1. The number of benzene rings is 2. The lowest BCUT2D eigenvalue weighted by Crippen LogP contribution is -2.47. The van der Waals surface area contributed by atoms with Crippen LogP contribution in [-0.4, -0.2) is 62.7 Å². The van der Waals surface area contributed by atoms with E-state index in [1.54, 1.807) is 31.4 Å². The van der Waals surface area contributed by atoms with Crippen LogP contribution in [0.3, 0.4) is 0 Å². The molecule has 32 heavy (non-hydrogen) atoms. The van der Waals surface area contributed by atoms with Gasteiger partial charge in [-0.1, -0.05) is 18.2 Å². The minimum atomic E-state index is -0.110. The van der Waals surface area contributed by atoms with Gasteiger partial charge in [0.05, 0.1) is 13.7 Å². The molecule has 0 aromatic heterocycles. The van der Waals surface area contributed by atoms with E-state index in [4.69, 9.17) is 14.5 Å². The normalized spacial score (nSPS) is 14.3. The number of nitrogens with one attached hydrogen (secondary N) is 2. The van der Waals surface area contributed by atoms with Gasteiger partial charge in [0.15, 0.2) is 5.96 Å². The molecule has 1 amide bonds. The standard InChI is InChI=1S/C24H32N4O3.HI/c1-3-25-24(27-16-15-26-23(29)19-9-11-20(30-2)12-10-19)28-17-13-22(14-18-28)31-21-7-5-4-6-8-21;/h4-12,22H,3,13-18H2,1-2H3,(H,25,27)(H,26,29);1H. The van der Waals surface area contributed by atoms with Crippen molar-refractivity contribution in [1.29, 1.82) is 0 Å². The van der Waals surface area contributed by atoms with Crippen LogP contribution in [0.25, 0.3) is 0 Å². The molecule has 1 aliphatic heterocycles. The Labute approximate surface area is 207 Å². The van der Waals surface area contributed by atoms with E-state index in [1.165, 1.54) is 0 Å². The molecule has 7 nitrogen and oxygen atoms in total. The van der Waals surface area contributed by atoms with E-state index in [0.29, 0.717) is 18.7 Å². The highest BCUT2D eigenvalue weighted by molar-refractivity contribution is 14.0. The summed E-state index contributed by atoms with van der Waals surface area (Å²) >= 11 is 0. The molecular formula is C24H33IN4O3. The molecule has 2 aromatic carbocycles. The van der Waals surface area contributed by atoms with Crippen molar-refractivity contribution in [3.8, 4) is 11.5 Å². The number of piperidine rings is 1. The zero-order valence-electron chi connectivity index (χ0n) is 18.8. The number of carbonyl (C=O) groups is 1. The number of nitrogens with zero attached hydrogens (tertiary/aromatic N) is 2. The van der Waals surface area contributed by atoms with Crippen LogP contribution in [0, 0.1) is 0 Å². The van der Waals surface area contributed by atoms with Crippen molar-refractivity contribution >= 4 is 35.8 Å². The minimum absolute atomic E-state index is 0. The smallest absolute Gasteiger partial charge is 0.251 e. The van der Waals surface area contributed by atoms with Crippen molar-refractivity contribution in [1.82, 2.24) is 15.5 Å². The molecule has 2 aromatic rings. The lowest BCUT2D eigenvalue weighted by Gasteiger charge is -2.34. The number of rotatable bonds is 8. The van der Waals surface area contributed by atoms with Gasteiger partial charge in [0, 0.05) is 44.6 Å². The SMILES string of the molecule is CCNC(=NCCNC(=O)c1ccc(OC)cc1)N1CCC(Oc2ccccc2)CC1.I. The monoisotopic (exact) mass is 552 g/mol. The van der Waals surface area contributed by atoms with Gasteiger partial charge in [0.1, 0.15) is 17.6 Å². The summed E-state index contributed by atoms with van der Waals surface area (Å²) < 4.78 is 11.2. The van der Waals surface area contributed by atoms with Gasteiger partial charge >= 0.3 is 0 Å². The van der Waals surface area contributed by atoms with E-state index in [2.05, 4.69) is 22.5 Å². The van der Waals surface area contributed by atoms with E-state index in [9.17, 15) is 4.79 Å². The van der Waals surface area contributed by atoms with Crippen LogP contribution in [-0.2, 0) is 0 Å². The van der Waals surface area contributed by atoms with E-state index in [0.717, 1.165) is 49.9 Å². The summed E-state index contributed by atoms with van der Waals surface area (Å²) in [6, 6.07) is 17.0. The Morgan fingerprint density at radius 1 is 1.03 bits per heavy atom. The quantitative estimate of drug-likeness (QED) is 0.227. The van der Waals surface area contributed by atoms with E-state index >= 15 is 0 Å². The van der Waals surface area contributed by atoms with Gasteiger partial charge < -0.3 is 25.0 Å². The van der Waals surface area contributed by atoms with Gasteiger partial charge in [0.2, 0.25) is 0 Å². The maximum Gasteiger partial charge on any atom is 0.251 e. The number of hydrogen-bond acceptors (Lipinski definition) is 4. The third-order valence-electron chi connectivity index (χ3n) is 5.13. The summed E-state index contributed by atoms with van der Waals surface area (Å²) in [7, 11) is 1.60. The number of para-hydroxylation sites is 1. The third kappa shape index (κ3) is 7.89. The molecule has 1 fully saturated rings. The Morgan fingerprint density at radius 3 is 2.34 bits per heavy atom. The first-order chi connectivity index (χ1) is 15.2. The van der Waals surface area contributed by atoms with Gasteiger partial charge in [0.25, 0.3) is 5.91 Å². The number of aliphatic imine (C=N–C) groups is 1. The van der Waals surface area contributed by atoms with E-state index < -0.39 is 0 Å². The van der Waals surface area contributed by atoms with Crippen LogP contribution < -0.4 is 20.1 Å². The average Bonchev–Trinajstić information content (AvgIpc) is 2.82. The second-order valence-corrected chi connectivity index (χ2v) is 7.34. The van der Waals surface area contributed by atoms with Gasteiger partial charge in [-0.25, -0.2) is 0 Å². The molecule has 0 bridgehead atoms. The largest absolute Gasteiger partial charge is 0.497 e. The van der Waals surface area contributed by atoms with Crippen LogP contribution >= 0.6 is 24.0 Å². The molecule has 0 atom stereocenters. The van der Waals surface area contributed by atoms with Crippen molar-refractivity contribution in [2.75, 3.05) is 39.8 Å². The minimum Gasteiger partial charge on any atom is -0.497 e. The van der Waals surface area contributed by atoms with Gasteiger partial charge in [-0.05, 0) is 43.3 Å². The Balaban J connectivity index is 0.00000363. The molecule has 1 aliphatic rings. The van der Waals surface area contributed by atoms with Crippen LogP contribution in [0.1, 0.15) is 30.1 Å². The molecule has 1 heterocycles. The van der Waals surface area contributed by atoms with Crippen molar-refractivity contribution in [2.45, 2.75) is 25.9 Å². The topological polar surface area (TPSA) is 75.2 Å². The fraction of sp³-hybridized carbons (Fsp3) is 0.417. The summed E-state index contributed by atoms with van der Waals surface area (Å²) in [5.41, 5.74) is 0.608. The third-order valence-corrected chi connectivity index (χ3v) is 5.13. The molecule has 1 saturated heterocycles. The summed E-state index contributed by atoms with van der Waals surface area (Å²) in [6.45, 7) is 5.64. The molecule has 0 unspecified atom stereocenters. The second kappa shape index (κ2) is 13.8. The van der Waals surface area contributed by atoms with Crippen molar-refractivity contribution in [3.63, 3.8) is 0 Å². The summed E-state index contributed by atoms with van der Waals surface area (Å²) in [4.78, 5) is 19.2. The van der Waals surface area contributed by atoms with Gasteiger partial charge in [-0.2, -0.15) is 0 Å². The number of carbonyl (C=O) groups excluding carboxylic acids is 1. The number of methoxy groups -OCH3 is 1. The molecule has 2 N–H and O–H groups in total. The fourth-order valence-electron chi connectivity index (χ4n) is 3.48. The zero-order chi connectivity index (χ0) is 21.9. The summed E-state index contributed by atoms with van der Waals surface area (Å²) in [5.74, 6) is 2.43. The highest BCUT2D eigenvalue weighted by atomic mass is 127. The lowest BCUT2D eigenvalue weighted by atomic mass is 10.1. The number of hydrogen-bond donors (Lipinski definition) is 2.